The van der Waals surface area contributed by atoms with Gasteiger partial charge in [-0.15, -0.1) is 24.8 Å². The van der Waals surface area contributed by atoms with Gasteiger partial charge in [-0.3, -0.25) is 14.4 Å². The Balaban J connectivity index is 0.00000121. The second kappa shape index (κ2) is 8.46. The van der Waals surface area contributed by atoms with Gasteiger partial charge in [-0.2, -0.15) is 5.10 Å². The van der Waals surface area contributed by atoms with E-state index in [1.54, 1.807) is 0 Å². The number of hydrogen-bond donors (Lipinski definition) is 2. The molecule has 4 rings (SSSR count). The molecule has 148 valence electrons. The Morgan fingerprint density at radius 3 is 2.62 bits per heavy atom. The van der Waals surface area contributed by atoms with Gasteiger partial charge >= 0.3 is 0 Å². The number of halogens is 2. The van der Waals surface area contributed by atoms with Crippen LogP contribution in [0.1, 0.15) is 32.1 Å². The van der Waals surface area contributed by atoms with Crippen molar-refractivity contribution in [2.24, 2.45) is 10.8 Å². The van der Waals surface area contributed by atoms with E-state index in [4.69, 9.17) is 0 Å². The van der Waals surface area contributed by atoms with Gasteiger partial charge in [0, 0.05) is 37.4 Å². The zero-order valence-corrected chi connectivity index (χ0v) is 17.1. The standard InChI is InChI=1S/C18H29N5O.2ClH/c1-22-13-17(5-8-19-9-6-17)11-15(22)16(24)20-12-18(3-4-18)14-23-10-2-7-21-23;;/h2,7,10,15,19H,3-6,8-9,11-14H2,1H3,(H,20,24);2*1H. The molecular weight excluding hydrogens is 373 g/mol. The van der Waals surface area contributed by atoms with Crippen LogP contribution in [-0.4, -0.2) is 59.9 Å². The molecule has 8 heteroatoms. The maximum absolute atomic E-state index is 12.8. The highest BCUT2D eigenvalue weighted by atomic mass is 35.5. The Hall–Kier alpha value is -0.820. The van der Waals surface area contributed by atoms with Crippen LogP contribution in [0.4, 0.5) is 0 Å². The van der Waals surface area contributed by atoms with Crippen molar-refractivity contribution >= 4 is 30.7 Å². The van der Waals surface area contributed by atoms with Crippen LogP contribution in [0.25, 0.3) is 0 Å². The lowest BCUT2D eigenvalue weighted by Crippen LogP contribution is -2.43. The number of carbonyl (C=O) groups is 1. The third-order valence-corrected chi connectivity index (χ3v) is 6.36. The minimum Gasteiger partial charge on any atom is -0.354 e. The molecule has 3 heterocycles. The lowest BCUT2D eigenvalue weighted by molar-refractivity contribution is -0.125. The van der Waals surface area contributed by atoms with Crippen molar-refractivity contribution in [3.63, 3.8) is 0 Å². The van der Waals surface area contributed by atoms with Gasteiger partial charge in [0.05, 0.1) is 6.04 Å². The lowest BCUT2D eigenvalue weighted by Gasteiger charge is -2.33. The molecule has 1 amide bonds. The Bertz CT molecular complexity index is 584. The summed E-state index contributed by atoms with van der Waals surface area (Å²) in [7, 11) is 2.11. The van der Waals surface area contributed by atoms with E-state index in [0.717, 1.165) is 39.1 Å². The smallest absolute Gasteiger partial charge is 0.237 e. The van der Waals surface area contributed by atoms with Crippen LogP contribution in [0.3, 0.4) is 0 Å². The van der Waals surface area contributed by atoms with E-state index in [2.05, 4.69) is 27.7 Å². The van der Waals surface area contributed by atoms with E-state index >= 15 is 0 Å². The van der Waals surface area contributed by atoms with Crippen molar-refractivity contribution in [3.8, 4) is 0 Å². The molecule has 0 aromatic carbocycles. The second-order valence-corrected chi connectivity index (χ2v) is 8.31. The van der Waals surface area contributed by atoms with Gasteiger partial charge in [0.15, 0.2) is 0 Å². The molecule has 2 saturated heterocycles. The highest BCUT2D eigenvalue weighted by Crippen LogP contribution is 2.46. The van der Waals surface area contributed by atoms with Crippen molar-refractivity contribution in [2.75, 3.05) is 33.2 Å². The number of amides is 1. The average molecular weight is 404 g/mol. The number of nitrogens with one attached hydrogen (secondary N) is 2. The average Bonchev–Trinajstić information content (AvgIpc) is 2.99. The fourth-order valence-electron chi connectivity index (χ4n) is 4.58. The molecule has 3 aliphatic rings. The molecule has 1 saturated carbocycles. The van der Waals surface area contributed by atoms with Gasteiger partial charge in [-0.05, 0) is 63.7 Å². The van der Waals surface area contributed by atoms with E-state index in [0.29, 0.717) is 5.41 Å². The molecule has 3 fully saturated rings. The van der Waals surface area contributed by atoms with Crippen LogP contribution >= 0.6 is 24.8 Å². The molecule has 1 aromatic heterocycles. The zero-order valence-electron chi connectivity index (χ0n) is 15.4. The topological polar surface area (TPSA) is 62.2 Å². The summed E-state index contributed by atoms with van der Waals surface area (Å²) >= 11 is 0. The number of nitrogens with zero attached hydrogens (tertiary/aromatic N) is 3. The van der Waals surface area contributed by atoms with E-state index in [-0.39, 0.29) is 42.2 Å². The van der Waals surface area contributed by atoms with Gasteiger partial charge in [-0.1, -0.05) is 0 Å². The van der Waals surface area contributed by atoms with Gasteiger partial charge in [0.1, 0.15) is 0 Å². The number of likely N-dealkylation sites (N-methyl/N-ethyl adjacent to an activating group) is 1. The summed E-state index contributed by atoms with van der Waals surface area (Å²) < 4.78 is 1.99. The van der Waals surface area contributed by atoms with E-state index < -0.39 is 0 Å². The highest BCUT2D eigenvalue weighted by Gasteiger charge is 2.47. The minimum atomic E-state index is 0. The van der Waals surface area contributed by atoms with Crippen LogP contribution in [-0.2, 0) is 11.3 Å². The summed E-state index contributed by atoms with van der Waals surface area (Å²) in [6.07, 6.45) is 9.61. The molecule has 1 spiro atoms. The fourth-order valence-corrected chi connectivity index (χ4v) is 4.58. The van der Waals surface area contributed by atoms with Crippen molar-refractivity contribution in [2.45, 2.75) is 44.7 Å². The van der Waals surface area contributed by atoms with Gasteiger partial charge < -0.3 is 10.6 Å². The quantitative estimate of drug-likeness (QED) is 0.784. The van der Waals surface area contributed by atoms with Crippen molar-refractivity contribution in [3.05, 3.63) is 18.5 Å². The van der Waals surface area contributed by atoms with Crippen molar-refractivity contribution in [1.82, 2.24) is 25.3 Å². The summed E-state index contributed by atoms with van der Waals surface area (Å²) in [4.78, 5) is 15.0. The molecule has 0 radical (unpaired) electrons. The highest BCUT2D eigenvalue weighted by molar-refractivity contribution is 5.85. The Kier molecular flexibility index (Phi) is 6.99. The largest absolute Gasteiger partial charge is 0.354 e. The van der Waals surface area contributed by atoms with Gasteiger partial charge in [0.25, 0.3) is 0 Å². The number of carbonyl (C=O) groups excluding carboxylic acids is 1. The predicted octanol–water partition coefficient (Wildman–Crippen LogP) is 1.70. The predicted molar refractivity (Wildman–Crippen MR) is 107 cm³/mol. The monoisotopic (exact) mass is 403 g/mol. The molecule has 0 bridgehead atoms. The third kappa shape index (κ3) is 4.53. The van der Waals surface area contributed by atoms with E-state index in [1.807, 2.05) is 23.1 Å². The summed E-state index contributed by atoms with van der Waals surface area (Å²) in [5.41, 5.74) is 0.583. The van der Waals surface area contributed by atoms with Crippen molar-refractivity contribution < 1.29 is 4.79 Å². The maximum atomic E-state index is 12.8. The lowest BCUT2D eigenvalue weighted by atomic mass is 9.77. The minimum absolute atomic E-state index is 0. The van der Waals surface area contributed by atoms with E-state index in [1.165, 1.54) is 25.7 Å². The number of rotatable bonds is 5. The van der Waals surface area contributed by atoms with Gasteiger partial charge in [-0.25, -0.2) is 0 Å². The Morgan fingerprint density at radius 1 is 1.27 bits per heavy atom. The molecule has 2 aliphatic heterocycles. The molecule has 26 heavy (non-hydrogen) atoms. The van der Waals surface area contributed by atoms with Crippen LogP contribution in [0.2, 0.25) is 0 Å². The first-order valence-electron chi connectivity index (χ1n) is 9.26. The molecule has 1 unspecified atom stereocenters. The SMILES string of the molecule is CN1CC2(CCNCC2)CC1C(=O)NCC1(Cn2cccn2)CC1.Cl.Cl. The van der Waals surface area contributed by atoms with Crippen LogP contribution in [0, 0.1) is 10.8 Å². The number of piperidine rings is 1. The summed E-state index contributed by atoms with van der Waals surface area (Å²) in [6, 6.07) is 2.00. The van der Waals surface area contributed by atoms with Crippen LogP contribution in [0.5, 0.6) is 0 Å². The first-order valence-corrected chi connectivity index (χ1v) is 9.26. The summed E-state index contributed by atoms with van der Waals surface area (Å²) in [6.45, 7) is 4.94. The normalized spacial score (nSPS) is 26.0. The number of aromatic nitrogens is 2. The molecule has 2 N–H and O–H groups in total. The first kappa shape index (κ1) is 21.5. The Labute approximate surface area is 168 Å². The summed E-state index contributed by atoms with van der Waals surface area (Å²) in [5, 5.41) is 11.0. The molecule has 1 atom stereocenters. The summed E-state index contributed by atoms with van der Waals surface area (Å²) in [5.74, 6) is 0.222. The Morgan fingerprint density at radius 2 is 2.00 bits per heavy atom. The number of hydrogen-bond acceptors (Lipinski definition) is 4. The van der Waals surface area contributed by atoms with Crippen LogP contribution < -0.4 is 10.6 Å². The molecule has 1 aliphatic carbocycles. The zero-order chi connectivity index (χ0) is 16.6. The van der Waals surface area contributed by atoms with E-state index in [9.17, 15) is 4.79 Å². The first-order chi connectivity index (χ1) is 11.6. The molecule has 6 nitrogen and oxygen atoms in total. The molecular formula is C18H31Cl2N5O. The third-order valence-electron chi connectivity index (χ3n) is 6.36. The second-order valence-electron chi connectivity index (χ2n) is 8.31. The molecule has 1 aromatic rings. The van der Waals surface area contributed by atoms with Gasteiger partial charge in [0.2, 0.25) is 5.91 Å². The van der Waals surface area contributed by atoms with Crippen LogP contribution in [0.15, 0.2) is 18.5 Å². The maximum Gasteiger partial charge on any atom is 0.237 e. The number of likely N-dealkylation sites (tertiary alicyclic amines) is 1. The van der Waals surface area contributed by atoms with Crippen molar-refractivity contribution in [1.29, 1.82) is 0 Å². The fraction of sp³-hybridized carbons (Fsp3) is 0.778.